The molecular weight excluding hydrogens is 591 g/mol. The van der Waals surface area contributed by atoms with E-state index in [4.69, 9.17) is 15.2 Å². The molecule has 0 aliphatic carbocycles. The number of ether oxygens (including phenoxy) is 2. The Balaban J connectivity index is 1.13. The highest BCUT2D eigenvalue weighted by Gasteiger charge is 2.34. The van der Waals surface area contributed by atoms with E-state index in [-0.39, 0.29) is 36.2 Å². The summed E-state index contributed by atoms with van der Waals surface area (Å²) in [7, 11) is 0. The lowest BCUT2D eigenvalue weighted by Gasteiger charge is -2.34. The van der Waals surface area contributed by atoms with Crippen LogP contribution in [-0.4, -0.2) is 58.1 Å². The van der Waals surface area contributed by atoms with Gasteiger partial charge in [0.2, 0.25) is 11.8 Å². The van der Waals surface area contributed by atoms with Gasteiger partial charge in [-0.1, -0.05) is 36.4 Å². The van der Waals surface area contributed by atoms with Gasteiger partial charge in [-0.15, -0.1) is 0 Å². The molecule has 0 atom stereocenters. The summed E-state index contributed by atoms with van der Waals surface area (Å²) in [5.41, 5.74) is 5.99. The van der Waals surface area contributed by atoms with Crippen LogP contribution in [-0.2, 0) is 24.1 Å². The number of hydrogen-bond acceptors (Lipinski definition) is 8. The van der Waals surface area contributed by atoms with Gasteiger partial charge < -0.3 is 30.7 Å². The monoisotopic (exact) mass is 621 g/mol. The molecule has 234 valence electrons. The number of halogens is 3. The number of amides is 3. The summed E-state index contributed by atoms with van der Waals surface area (Å²) in [4.78, 5) is 36.1. The predicted molar refractivity (Wildman–Crippen MR) is 161 cm³/mol. The Hall–Kier alpha value is -5.37. The molecule has 1 aliphatic heterocycles. The number of nitrogens with one attached hydrogen (secondary N) is 2. The number of carbonyl (C=O) groups excluding carboxylic acids is 2. The Morgan fingerprint density at radius 2 is 1.58 bits per heavy atom. The maximum absolute atomic E-state index is 14.0. The fourth-order valence-corrected chi connectivity index (χ4v) is 4.63. The Kier molecular flexibility index (Phi) is 9.63. The first-order chi connectivity index (χ1) is 21.6. The van der Waals surface area contributed by atoms with E-state index in [0.717, 1.165) is 11.6 Å². The van der Waals surface area contributed by atoms with Crippen LogP contribution in [0.4, 0.5) is 40.1 Å². The smallest absolute Gasteiger partial charge is 0.416 e. The Labute approximate surface area is 256 Å². The minimum atomic E-state index is -4.64. The van der Waals surface area contributed by atoms with Crippen LogP contribution in [0.5, 0.6) is 11.6 Å². The highest BCUT2D eigenvalue weighted by Crippen LogP contribution is 2.35. The number of urea groups is 1. The minimum Gasteiger partial charge on any atom is -0.445 e. The van der Waals surface area contributed by atoms with E-state index in [2.05, 4.69) is 20.6 Å². The van der Waals surface area contributed by atoms with Gasteiger partial charge in [0.15, 0.2) is 0 Å². The van der Waals surface area contributed by atoms with E-state index in [1.54, 1.807) is 29.2 Å². The second kappa shape index (κ2) is 13.9. The fourth-order valence-electron chi connectivity index (χ4n) is 4.63. The van der Waals surface area contributed by atoms with Gasteiger partial charge in [0.05, 0.1) is 5.56 Å². The number of piperazine rings is 1. The SMILES string of the molecule is Nc1nccc(Oc2ccc(NC(=O)Nc3ccc(CN4CCN(C(=O)OCc5ccccc5)CC4)c(C(F)(F)F)c3)cc2)n1. The minimum absolute atomic E-state index is 0.0177. The van der Waals surface area contributed by atoms with Gasteiger partial charge in [-0.2, -0.15) is 18.2 Å². The quantitative estimate of drug-likeness (QED) is 0.219. The van der Waals surface area contributed by atoms with Gasteiger partial charge in [0.1, 0.15) is 12.4 Å². The second-order valence-corrected chi connectivity index (χ2v) is 10.1. The largest absolute Gasteiger partial charge is 0.445 e. The van der Waals surface area contributed by atoms with Crippen molar-refractivity contribution in [2.24, 2.45) is 0 Å². The molecule has 2 heterocycles. The molecule has 1 aliphatic rings. The zero-order valence-corrected chi connectivity index (χ0v) is 24.0. The molecule has 0 saturated carbocycles. The molecule has 1 aromatic heterocycles. The second-order valence-electron chi connectivity index (χ2n) is 10.1. The number of benzene rings is 3. The summed E-state index contributed by atoms with van der Waals surface area (Å²) in [6.45, 7) is 1.61. The van der Waals surface area contributed by atoms with Crippen LogP contribution in [0.1, 0.15) is 16.7 Å². The van der Waals surface area contributed by atoms with Crippen LogP contribution in [0.25, 0.3) is 0 Å². The Bertz CT molecular complexity index is 1610. The molecule has 4 aromatic rings. The van der Waals surface area contributed by atoms with Gasteiger partial charge >= 0.3 is 18.3 Å². The number of nitrogens with two attached hydrogens (primary N) is 1. The topological polar surface area (TPSA) is 135 Å². The van der Waals surface area contributed by atoms with Crippen molar-refractivity contribution >= 4 is 29.4 Å². The van der Waals surface area contributed by atoms with E-state index < -0.39 is 23.9 Å². The summed E-state index contributed by atoms with van der Waals surface area (Å²) in [6, 6.07) is 20.1. The highest BCUT2D eigenvalue weighted by atomic mass is 19.4. The Morgan fingerprint density at radius 1 is 0.889 bits per heavy atom. The van der Waals surface area contributed by atoms with Gasteiger partial charge in [-0.05, 0) is 47.5 Å². The normalized spacial score (nSPS) is 13.6. The molecule has 5 rings (SSSR count). The molecule has 1 saturated heterocycles. The van der Waals surface area contributed by atoms with Crippen LogP contribution in [0.15, 0.2) is 85.1 Å². The fraction of sp³-hybridized carbons (Fsp3) is 0.226. The van der Waals surface area contributed by atoms with Crippen LogP contribution >= 0.6 is 0 Å². The van der Waals surface area contributed by atoms with E-state index >= 15 is 0 Å². The first-order valence-corrected chi connectivity index (χ1v) is 13.9. The maximum Gasteiger partial charge on any atom is 0.416 e. The zero-order valence-electron chi connectivity index (χ0n) is 24.0. The van der Waals surface area contributed by atoms with Crippen LogP contribution in [0.3, 0.4) is 0 Å². The lowest BCUT2D eigenvalue weighted by molar-refractivity contribution is -0.138. The van der Waals surface area contributed by atoms with Gasteiger partial charge in [-0.3, -0.25) is 4.90 Å². The van der Waals surface area contributed by atoms with Crippen LogP contribution in [0, 0.1) is 0 Å². The Morgan fingerprint density at radius 3 is 2.27 bits per heavy atom. The van der Waals surface area contributed by atoms with Gasteiger partial charge in [0, 0.05) is 56.4 Å². The molecule has 0 bridgehead atoms. The molecule has 14 heteroatoms. The third-order valence-corrected chi connectivity index (χ3v) is 6.89. The predicted octanol–water partition coefficient (Wildman–Crippen LogP) is 5.97. The van der Waals surface area contributed by atoms with Crippen molar-refractivity contribution in [3.8, 4) is 11.6 Å². The standard InChI is InChI=1S/C31H30F3N7O4/c32-31(33,34)26-18-24(38-29(42)37-23-8-10-25(11-9-23)45-27-12-13-36-28(35)39-27)7-6-22(26)19-40-14-16-41(17-15-40)30(43)44-20-21-4-2-1-3-5-21/h1-13,18H,14-17,19-20H2,(H2,35,36,39)(H2,37,38,42). The number of rotatable bonds is 8. The van der Waals surface area contributed by atoms with E-state index in [1.807, 2.05) is 35.2 Å². The number of nitrogen functional groups attached to an aromatic ring is 1. The van der Waals surface area contributed by atoms with Crippen molar-refractivity contribution in [3.63, 3.8) is 0 Å². The average Bonchev–Trinajstić information content (AvgIpc) is 3.02. The number of hydrogen-bond donors (Lipinski definition) is 3. The summed E-state index contributed by atoms with van der Waals surface area (Å²) >= 11 is 0. The van der Waals surface area contributed by atoms with Crippen LogP contribution in [0.2, 0.25) is 0 Å². The summed E-state index contributed by atoms with van der Waals surface area (Å²) in [6.07, 6.45) is -3.65. The number of nitrogens with zero attached hydrogens (tertiary/aromatic N) is 4. The van der Waals surface area contributed by atoms with Crippen molar-refractivity contribution in [1.29, 1.82) is 0 Å². The van der Waals surface area contributed by atoms with Crippen molar-refractivity contribution in [3.05, 3.63) is 102 Å². The van der Waals surface area contributed by atoms with E-state index in [1.165, 1.54) is 24.4 Å². The molecule has 3 amide bonds. The van der Waals surface area contributed by atoms with Crippen molar-refractivity contribution < 1.29 is 32.2 Å². The first-order valence-electron chi connectivity index (χ1n) is 13.9. The molecule has 0 radical (unpaired) electrons. The first kappa shape index (κ1) is 31.1. The lowest BCUT2D eigenvalue weighted by Crippen LogP contribution is -2.48. The van der Waals surface area contributed by atoms with Crippen molar-refractivity contribution in [2.45, 2.75) is 19.3 Å². The third kappa shape index (κ3) is 8.83. The molecule has 3 aromatic carbocycles. The van der Waals surface area contributed by atoms with Crippen LogP contribution < -0.4 is 21.1 Å². The van der Waals surface area contributed by atoms with Crippen molar-refractivity contribution in [2.75, 3.05) is 42.5 Å². The number of aromatic nitrogens is 2. The highest BCUT2D eigenvalue weighted by molar-refractivity contribution is 5.99. The van der Waals surface area contributed by atoms with Gasteiger partial charge in [0.25, 0.3) is 0 Å². The van der Waals surface area contributed by atoms with Gasteiger partial charge in [-0.25, -0.2) is 14.6 Å². The summed E-state index contributed by atoms with van der Waals surface area (Å²) in [5, 5.41) is 5.03. The number of alkyl halides is 3. The maximum atomic E-state index is 14.0. The summed E-state index contributed by atoms with van der Waals surface area (Å²) in [5.74, 6) is 0.723. The number of carbonyl (C=O) groups is 2. The molecule has 11 nitrogen and oxygen atoms in total. The molecule has 45 heavy (non-hydrogen) atoms. The molecule has 1 fully saturated rings. The zero-order chi connectivity index (χ0) is 31.8. The molecule has 4 N–H and O–H groups in total. The number of anilines is 3. The summed E-state index contributed by atoms with van der Waals surface area (Å²) < 4.78 is 53.0. The lowest BCUT2D eigenvalue weighted by atomic mass is 10.0. The molecular formula is C31H30F3N7O4. The van der Waals surface area contributed by atoms with Crippen molar-refractivity contribution in [1.82, 2.24) is 19.8 Å². The van der Waals surface area contributed by atoms with E-state index in [0.29, 0.717) is 37.6 Å². The average molecular weight is 622 g/mol. The van der Waals surface area contributed by atoms with E-state index in [9.17, 15) is 22.8 Å². The molecule has 0 spiro atoms. The third-order valence-electron chi connectivity index (χ3n) is 6.89. The molecule has 0 unspecified atom stereocenters.